The van der Waals surface area contributed by atoms with Gasteiger partial charge in [-0.2, -0.15) is 0 Å². The first-order chi connectivity index (χ1) is 14.1. The zero-order valence-corrected chi connectivity index (χ0v) is 17.7. The van der Waals surface area contributed by atoms with Gasteiger partial charge < -0.3 is 9.80 Å². The van der Waals surface area contributed by atoms with E-state index in [1.807, 2.05) is 4.90 Å². The lowest BCUT2D eigenvalue weighted by Crippen LogP contribution is -2.52. The monoisotopic (exact) mass is 398 g/mol. The molecule has 2 saturated heterocycles. The molecule has 0 spiro atoms. The van der Waals surface area contributed by atoms with Crippen LogP contribution in [0.2, 0.25) is 0 Å². The van der Waals surface area contributed by atoms with Crippen LogP contribution in [0.5, 0.6) is 0 Å². The molecule has 0 bridgehead atoms. The Morgan fingerprint density at radius 1 is 0.897 bits per heavy atom. The van der Waals surface area contributed by atoms with E-state index in [9.17, 15) is 9.59 Å². The first-order valence-electron chi connectivity index (χ1n) is 11.2. The zero-order chi connectivity index (χ0) is 20.2. The van der Waals surface area contributed by atoms with Crippen LogP contribution in [0.1, 0.15) is 36.8 Å². The van der Waals surface area contributed by atoms with Gasteiger partial charge in [0, 0.05) is 51.9 Å². The Labute approximate surface area is 174 Å². The van der Waals surface area contributed by atoms with Crippen LogP contribution >= 0.6 is 0 Å². The Hall–Kier alpha value is -1.92. The van der Waals surface area contributed by atoms with Gasteiger partial charge in [0.15, 0.2) is 0 Å². The standard InChI is InChI=1S/C23H34N4O2/c1-19-4-6-20(7-5-19)16-27(21-8-9-21)23(29)18-25-14-12-24(13-15-25)17-22(28)26-10-2-3-11-26/h4-7,21H,2-3,8-18H2,1H3. The third-order valence-corrected chi connectivity index (χ3v) is 6.42. The molecule has 0 aromatic heterocycles. The number of aryl methyl sites for hydroxylation is 1. The molecule has 3 aliphatic rings. The van der Waals surface area contributed by atoms with Gasteiger partial charge in [0.05, 0.1) is 13.1 Å². The summed E-state index contributed by atoms with van der Waals surface area (Å²) in [6.07, 6.45) is 4.54. The molecule has 2 heterocycles. The smallest absolute Gasteiger partial charge is 0.237 e. The van der Waals surface area contributed by atoms with E-state index in [4.69, 9.17) is 0 Å². The van der Waals surface area contributed by atoms with Crippen molar-refractivity contribution in [3.8, 4) is 0 Å². The zero-order valence-electron chi connectivity index (χ0n) is 17.7. The first kappa shape index (κ1) is 20.4. The number of piperazine rings is 1. The highest BCUT2D eigenvalue weighted by Crippen LogP contribution is 2.28. The summed E-state index contributed by atoms with van der Waals surface area (Å²) in [5, 5.41) is 0. The molecule has 1 aromatic carbocycles. The van der Waals surface area contributed by atoms with Crippen LogP contribution in [0.3, 0.4) is 0 Å². The normalized spacial score (nSPS) is 20.8. The lowest BCUT2D eigenvalue weighted by atomic mass is 10.1. The molecule has 1 aromatic rings. The van der Waals surface area contributed by atoms with E-state index in [-0.39, 0.29) is 11.8 Å². The van der Waals surface area contributed by atoms with Crippen molar-refractivity contribution in [2.75, 3.05) is 52.4 Å². The number of nitrogens with zero attached hydrogens (tertiary/aromatic N) is 4. The van der Waals surface area contributed by atoms with E-state index >= 15 is 0 Å². The number of benzene rings is 1. The van der Waals surface area contributed by atoms with Gasteiger partial charge in [-0.1, -0.05) is 29.8 Å². The molecular formula is C23H34N4O2. The number of amides is 2. The molecule has 1 saturated carbocycles. The lowest BCUT2D eigenvalue weighted by Gasteiger charge is -2.35. The number of rotatable bonds is 7. The van der Waals surface area contributed by atoms with Gasteiger partial charge in [-0.3, -0.25) is 19.4 Å². The van der Waals surface area contributed by atoms with Crippen LogP contribution < -0.4 is 0 Å². The molecule has 4 rings (SSSR count). The van der Waals surface area contributed by atoms with Gasteiger partial charge in [-0.15, -0.1) is 0 Å². The van der Waals surface area contributed by atoms with Crippen molar-refractivity contribution >= 4 is 11.8 Å². The minimum Gasteiger partial charge on any atom is -0.342 e. The molecule has 29 heavy (non-hydrogen) atoms. The van der Waals surface area contributed by atoms with Gasteiger partial charge in [-0.05, 0) is 38.2 Å². The summed E-state index contributed by atoms with van der Waals surface area (Å²) in [7, 11) is 0. The number of carbonyl (C=O) groups excluding carboxylic acids is 2. The number of likely N-dealkylation sites (tertiary alicyclic amines) is 1. The van der Waals surface area contributed by atoms with E-state index < -0.39 is 0 Å². The number of hydrogen-bond donors (Lipinski definition) is 0. The fraction of sp³-hybridized carbons (Fsp3) is 0.652. The molecule has 2 aliphatic heterocycles. The molecule has 6 nitrogen and oxygen atoms in total. The van der Waals surface area contributed by atoms with Crippen LogP contribution in [0, 0.1) is 6.92 Å². The Kier molecular flexibility index (Phi) is 6.50. The van der Waals surface area contributed by atoms with Crippen LogP contribution in [-0.2, 0) is 16.1 Å². The second-order valence-electron chi connectivity index (χ2n) is 8.88. The van der Waals surface area contributed by atoms with Crippen molar-refractivity contribution in [1.82, 2.24) is 19.6 Å². The molecule has 158 valence electrons. The highest BCUT2D eigenvalue weighted by atomic mass is 16.2. The van der Waals surface area contributed by atoms with Crippen molar-refractivity contribution in [3.63, 3.8) is 0 Å². The van der Waals surface area contributed by atoms with Crippen molar-refractivity contribution in [2.24, 2.45) is 0 Å². The van der Waals surface area contributed by atoms with Crippen LogP contribution in [-0.4, -0.2) is 89.8 Å². The van der Waals surface area contributed by atoms with Gasteiger partial charge in [0.25, 0.3) is 0 Å². The second kappa shape index (κ2) is 9.26. The maximum absolute atomic E-state index is 13.0. The van der Waals surface area contributed by atoms with E-state index in [2.05, 4.69) is 45.9 Å². The third kappa shape index (κ3) is 5.58. The Balaban J connectivity index is 1.24. The summed E-state index contributed by atoms with van der Waals surface area (Å²) >= 11 is 0. The Bertz CT molecular complexity index is 702. The Morgan fingerprint density at radius 2 is 1.48 bits per heavy atom. The predicted molar refractivity (Wildman–Crippen MR) is 113 cm³/mol. The van der Waals surface area contributed by atoms with Crippen LogP contribution in [0.25, 0.3) is 0 Å². The van der Waals surface area contributed by atoms with E-state index in [0.29, 0.717) is 25.7 Å². The Morgan fingerprint density at radius 3 is 2.07 bits per heavy atom. The highest BCUT2D eigenvalue weighted by Gasteiger charge is 2.33. The van der Waals surface area contributed by atoms with E-state index in [1.165, 1.54) is 11.1 Å². The van der Waals surface area contributed by atoms with Crippen molar-refractivity contribution in [1.29, 1.82) is 0 Å². The molecular weight excluding hydrogens is 364 g/mol. The summed E-state index contributed by atoms with van der Waals surface area (Å²) in [4.78, 5) is 33.9. The third-order valence-electron chi connectivity index (χ3n) is 6.42. The van der Waals surface area contributed by atoms with E-state index in [0.717, 1.165) is 65.0 Å². The summed E-state index contributed by atoms with van der Waals surface area (Å²) in [6, 6.07) is 8.92. The molecule has 3 fully saturated rings. The van der Waals surface area contributed by atoms with Gasteiger partial charge >= 0.3 is 0 Å². The SMILES string of the molecule is Cc1ccc(CN(C(=O)CN2CCN(CC(=O)N3CCCC3)CC2)C2CC2)cc1. The van der Waals surface area contributed by atoms with Crippen molar-refractivity contribution in [3.05, 3.63) is 35.4 Å². The lowest BCUT2D eigenvalue weighted by molar-refractivity contribution is -0.135. The average molecular weight is 399 g/mol. The molecule has 1 aliphatic carbocycles. The van der Waals surface area contributed by atoms with Crippen LogP contribution in [0.4, 0.5) is 0 Å². The first-order valence-corrected chi connectivity index (χ1v) is 11.2. The fourth-order valence-corrected chi connectivity index (χ4v) is 4.34. The summed E-state index contributed by atoms with van der Waals surface area (Å²) in [5.41, 5.74) is 2.46. The molecule has 0 unspecified atom stereocenters. The quantitative estimate of drug-likeness (QED) is 0.702. The van der Waals surface area contributed by atoms with E-state index in [1.54, 1.807) is 0 Å². The second-order valence-corrected chi connectivity index (χ2v) is 8.88. The topological polar surface area (TPSA) is 47.1 Å². The van der Waals surface area contributed by atoms with Crippen molar-refractivity contribution < 1.29 is 9.59 Å². The summed E-state index contributed by atoms with van der Waals surface area (Å²) in [5.74, 6) is 0.514. The van der Waals surface area contributed by atoms with Crippen LogP contribution in [0.15, 0.2) is 24.3 Å². The molecule has 0 atom stereocenters. The predicted octanol–water partition coefficient (Wildman–Crippen LogP) is 1.73. The maximum atomic E-state index is 13.0. The number of hydrogen-bond acceptors (Lipinski definition) is 4. The van der Waals surface area contributed by atoms with Gasteiger partial charge in [0.1, 0.15) is 0 Å². The minimum absolute atomic E-state index is 0.245. The molecule has 2 amide bonds. The highest BCUT2D eigenvalue weighted by molar-refractivity contribution is 5.79. The summed E-state index contributed by atoms with van der Waals surface area (Å²) in [6.45, 7) is 9.14. The molecule has 6 heteroatoms. The molecule has 0 radical (unpaired) electrons. The van der Waals surface area contributed by atoms with Gasteiger partial charge in [0.2, 0.25) is 11.8 Å². The fourth-order valence-electron chi connectivity index (χ4n) is 4.34. The maximum Gasteiger partial charge on any atom is 0.237 e. The minimum atomic E-state index is 0.245. The van der Waals surface area contributed by atoms with Crippen molar-refractivity contribution in [2.45, 2.75) is 45.2 Å². The average Bonchev–Trinajstić information content (AvgIpc) is 3.40. The number of carbonyl (C=O) groups is 2. The molecule has 0 N–H and O–H groups in total. The van der Waals surface area contributed by atoms with Gasteiger partial charge in [-0.25, -0.2) is 0 Å². The summed E-state index contributed by atoms with van der Waals surface area (Å²) < 4.78 is 0. The largest absolute Gasteiger partial charge is 0.342 e.